The Labute approximate surface area is 85.6 Å². The molecule has 0 atom stereocenters. The fraction of sp³-hybridized carbons (Fsp3) is 0.333. The van der Waals surface area contributed by atoms with Crippen LogP contribution in [0.25, 0.3) is 0 Å². The molecular formula is C9H11BrOS. The van der Waals surface area contributed by atoms with Crippen LogP contribution in [0.4, 0.5) is 0 Å². The topological polar surface area (TPSA) is 9.23 Å². The van der Waals surface area contributed by atoms with E-state index in [2.05, 4.69) is 35.0 Å². The Morgan fingerprint density at radius 1 is 1.42 bits per heavy atom. The van der Waals surface area contributed by atoms with E-state index in [1.165, 1.54) is 10.5 Å². The molecule has 0 bridgehead atoms. The van der Waals surface area contributed by atoms with Gasteiger partial charge in [0.05, 0.1) is 16.5 Å². The summed E-state index contributed by atoms with van der Waals surface area (Å²) in [5.41, 5.74) is 1.24. The first-order valence-corrected chi connectivity index (χ1v) is 5.59. The molecule has 1 aromatic carbocycles. The van der Waals surface area contributed by atoms with Crippen molar-refractivity contribution in [1.29, 1.82) is 0 Å². The summed E-state index contributed by atoms with van der Waals surface area (Å²) in [6.45, 7) is 2.07. The van der Waals surface area contributed by atoms with Crippen molar-refractivity contribution in [1.82, 2.24) is 0 Å². The third kappa shape index (κ3) is 1.96. The van der Waals surface area contributed by atoms with Gasteiger partial charge >= 0.3 is 0 Å². The number of rotatable bonds is 2. The van der Waals surface area contributed by atoms with E-state index in [1.807, 2.05) is 6.26 Å². The standard InChI is InChI=1S/C9H11BrOS/c1-6-4-7(10)9(11-2)8(5-6)12-3/h4-5H,1-3H3. The number of methoxy groups -OCH3 is 1. The molecule has 0 aliphatic rings. The highest BCUT2D eigenvalue weighted by atomic mass is 79.9. The Kier molecular flexibility index (Phi) is 3.47. The molecule has 3 heteroatoms. The molecule has 0 fully saturated rings. The average molecular weight is 247 g/mol. The largest absolute Gasteiger partial charge is 0.494 e. The maximum absolute atomic E-state index is 5.25. The van der Waals surface area contributed by atoms with Crippen LogP contribution in [0.15, 0.2) is 21.5 Å². The van der Waals surface area contributed by atoms with Crippen molar-refractivity contribution in [2.75, 3.05) is 13.4 Å². The minimum absolute atomic E-state index is 0.924. The van der Waals surface area contributed by atoms with Crippen molar-refractivity contribution in [3.05, 3.63) is 22.2 Å². The number of ether oxygens (including phenoxy) is 1. The quantitative estimate of drug-likeness (QED) is 0.740. The van der Waals surface area contributed by atoms with Crippen LogP contribution < -0.4 is 4.74 Å². The van der Waals surface area contributed by atoms with Gasteiger partial charge in [-0.05, 0) is 46.8 Å². The van der Waals surface area contributed by atoms with Gasteiger partial charge in [-0.2, -0.15) is 0 Å². The summed E-state index contributed by atoms with van der Waals surface area (Å²) < 4.78 is 6.28. The van der Waals surface area contributed by atoms with Crippen molar-refractivity contribution in [2.24, 2.45) is 0 Å². The zero-order valence-corrected chi connectivity index (χ0v) is 9.75. The van der Waals surface area contributed by atoms with Gasteiger partial charge in [-0.1, -0.05) is 0 Å². The summed E-state index contributed by atoms with van der Waals surface area (Å²) in [7, 11) is 1.69. The lowest BCUT2D eigenvalue weighted by Gasteiger charge is -2.09. The van der Waals surface area contributed by atoms with Gasteiger partial charge in [-0.25, -0.2) is 0 Å². The highest BCUT2D eigenvalue weighted by molar-refractivity contribution is 9.10. The Bertz CT molecular complexity index is 286. The maximum atomic E-state index is 5.25. The first-order valence-electron chi connectivity index (χ1n) is 3.57. The second-order valence-electron chi connectivity index (χ2n) is 2.48. The maximum Gasteiger partial charge on any atom is 0.146 e. The van der Waals surface area contributed by atoms with Gasteiger partial charge in [0.2, 0.25) is 0 Å². The third-order valence-corrected chi connectivity index (χ3v) is 2.91. The zero-order chi connectivity index (χ0) is 9.14. The molecular weight excluding hydrogens is 236 g/mol. The van der Waals surface area contributed by atoms with Crippen molar-refractivity contribution in [3.63, 3.8) is 0 Å². The monoisotopic (exact) mass is 246 g/mol. The Morgan fingerprint density at radius 3 is 2.58 bits per heavy atom. The number of halogens is 1. The summed E-state index contributed by atoms with van der Waals surface area (Å²) >= 11 is 5.15. The van der Waals surface area contributed by atoms with Crippen LogP contribution in [0.5, 0.6) is 5.75 Å². The normalized spacial score (nSPS) is 10.0. The van der Waals surface area contributed by atoms with Gasteiger partial charge in [-0.3, -0.25) is 0 Å². The number of thioether (sulfide) groups is 1. The molecule has 0 radical (unpaired) electrons. The van der Waals surface area contributed by atoms with Crippen molar-refractivity contribution in [3.8, 4) is 5.75 Å². The molecule has 0 aromatic heterocycles. The molecule has 1 nitrogen and oxygen atoms in total. The fourth-order valence-electron chi connectivity index (χ4n) is 1.05. The van der Waals surface area contributed by atoms with Gasteiger partial charge in [0.1, 0.15) is 5.75 Å². The molecule has 66 valence electrons. The molecule has 0 unspecified atom stereocenters. The highest BCUT2D eigenvalue weighted by Gasteiger charge is 2.06. The zero-order valence-electron chi connectivity index (χ0n) is 7.35. The minimum Gasteiger partial charge on any atom is -0.494 e. The van der Waals surface area contributed by atoms with Crippen molar-refractivity contribution in [2.45, 2.75) is 11.8 Å². The Balaban J connectivity index is 3.24. The molecule has 1 rings (SSSR count). The lowest BCUT2D eigenvalue weighted by atomic mass is 10.2. The number of hydrogen-bond acceptors (Lipinski definition) is 2. The lowest BCUT2D eigenvalue weighted by molar-refractivity contribution is 0.402. The van der Waals surface area contributed by atoms with Crippen LogP contribution in [0.1, 0.15) is 5.56 Å². The second-order valence-corrected chi connectivity index (χ2v) is 4.18. The summed E-state index contributed by atoms with van der Waals surface area (Å²) in [6.07, 6.45) is 2.05. The highest BCUT2D eigenvalue weighted by Crippen LogP contribution is 2.35. The van der Waals surface area contributed by atoms with Crippen molar-refractivity contribution < 1.29 is 4.74 Å². The van der Waals surface area contributed by atoms with E-state index >= 15 is 0 Å². The van der Waals surface area contributed by atoms with Crippen LogP contribution in [-0.2, 0) is 0 Å². The molecule has 0 aliphatic carbocycles. The molecule has 0 amide bonds. The van der Waals surface area contributed by atoms with E-state index < -0.39 is 0 Å². The van der Waals surface area contributed by atoms with Crippen LogP contribution in [0.3, 0.4) is 0 Å². The van der Waals surface area contributed by atoms with E-state index in [4.69, 9.17) is 4.74 Å². The molecule has 12 heavy (non-hydrogen) atoms. The third-order valence-electron chi connectivity index (χ3n) is 1.58. The summed E-state index contributed by atoms with van der Waals surface area (Å²) in [5, 5.41) is 0. The number of benzene rings is 1. The van der Waals surface area contributed by atoms with E-state index in [0.29, 0.717) is 0 Å². The van der Waals surface area contributed by atoms with Gasteiger partial charge in [0.15, 0.2) is 0 Å². The van der Waals surface area contributed by atoms with E-state index in [9.17, 15) is 0 Å². The Morgan fingerprint density at radius 2 is 2.08 bits per heavy atom. The predicted molar refractivity (Wildman–Crippen MR) is 57.2 cm³/mol. The van der Waals surface area contributed by atoms with E-state index in [0.717, 1.165) is 10.2 Å². The molecule has 1 aromatic rings. The lowest BCUT2D eigenvalue weighted by Crippen LogP contribution is -1.88. The van der Waals surface area contributed by atoms with E-state index in [1.54, 1.807) is 18.9 Å². The van der Waals surface area contributed by atoms with Gasteiger partial charge in [0.25, 0.3) is 0 Å². The van der Waals surface area contributed by atoms with Crippen LogP contribution in [0.2, 0.25) is 0 Å². The molecule has 0 N–H and O–H groups in total. The number of hydrogen-bond donors (Lipinski definition) is 0. The first-order chi connectivity index (χ1) is 5.69. The van der Waals surface area contributed by atoms with Gasteiger partial charge in [-0.15, -0.1) is 11.8 Å². The summed E-state index contributed by atoms with van der Waals surface area (Å²) in [5.74, 6) is 0.924. The van der Waals surface area contributed by atoms with Crippen LogP contribution in [-0.4, -0.2) is 13.4 Å². The smallest absolute Gasteiger partial charge is 0.146 e. The second kappa shape index (κ2) is 4.19. The van der Waals surface area contributed by atoms with Gasteiger partial charge in [0, 0.05) is 0 Å². The first kappa shape index (κ1) is 9.93. The molecule has 0 saturated carbocycles. The van der Waals surface area contributed by atoms with Crippen molar-refractivity contribution >= 4 is 27.7 Å². The molecule has 0 saturated heterocycles. The number of aryl methyl sites for hydroxylation is 1. The van der Waals surface area contributed by atoms with Crippen LogP contribution >= 0.6 is 27.7 Å². The SMILES string of the molecule is COc1c(Br)cc(C)cc1SC. The predicted octanol–water partition coefficient (Wildman–Crippen LogP) is 3.49. The average Bonchev–Trinajstić information content (AvgIpc) is 2.03. The summed E-state index contributed by atoms with van der Waals surface area (Å²) in [6, 6.07) is 4.17. The van der Waals surface area contributed by atoms with Crippen LogP contribution in [0, 0.1) is 6.92 Å². The molecule has 0 spiro atoms. The Hall–Kier alpha value is -0.150. The van der Waals surface area contributed by atoms with E-state index in [-0.39, 0.29) is 0 Å². The van der Waals surface area contributed by atoms with Gasteiger partial charge < -0.3 is 4.74 Å². The fourth-order valence-corrected chi connectivity index (χ4v) is 2.60. The molecule has 0 heterocycles. The minimum atomic E-state index is 0.924. The summed E-state index contributed by atoms with van der Waals surface area (Å²) in [4.78, 5) is 1.17. The molecule has 0 aliphatic heterocycles.